The molecule has 2 aromatic rings. The number of carbonyl (C=O) groups excluding carboxylic acids is 2. The molecule has 0 heterocycles. The topological polar surface area (TPSA) is 92.6 Å². The summed E-state index contributed by atoms with van der Waals surface area (Å²) in [6.45, 7) is 4.56. The second kappa shape index (κ2) is 12.0. The van der Waals surface area contributed by atoms with Crippen molar-refractivity contribution in [2.45, 2.75) is 32.1 Å². The van der Waals surface area contributed by atoms with Gasteiger partial charge in [0, 0.05) is 31.0 Å². The first kappa shape index (κ1) is 23.4. The van der Waals surface area contributed by atoms with E-state index in [-0.39, 0.29) is 23.3 Å². The van der Waals surface area contributed by atoms with Crippen molar-refractivity contribution in [1.82, 2.24) is 10.2 Å². The molecule has 0 fully saturated rings. The lowest BCUT2D eigenvalue weighted by atomic mass is 10.1. The van der Waals surface area contributed by atoms with Crippen molar-refractivity contribution in [3.05, 3.63) is 75.8 Å². The maximum Gasteiger partial charge on any atom is 0.269 e. The van der Waals surface area contributed by atoms with Crippen LogP contribution in [0.15, 0.2) is 54.6 Å². The lowest BCUT2D eigenvalue weighted by molar-refractivity contribution is -0.384. The average molecular weight is 430 g/mol. The zero-order valence-corrected chi connectivity index (χ0v) is 18.1. The number of nitrogens with zero attached hydrogens (tertiary/aromatic N) is 2. The van der Waals surface area contributed by atoms with Crippen LogP contribution < -0.4 is 5.32 Å². The van der Waals surface area contributed by atoms with E-state index in [1.54, 1.807) is 24.0 Å². The minimum absolute atomic E-state index is 0.0441. The minimum atomic E-state index is -0.555. The Bertz CT molecular complexity index is 843. The van der Waals surface area contributed by atoms with Crippen LogP contribution in [0.25, 0.3) is 0 Å². The van der Waals surface area contributed by atoms with Gasteiger partial charge in [-0.2, -0.15) is 0 Å². The molecule has 2 aromatic carbocycles. The highest BCUT2D eigenvalue weighted by atomic mass is 32.2. The summed E-state index contributed by atoms with van der Waals surface area (Å²) < 4.78 is 0. The quantitative estimate of drug-likeness (QED) is 0.436. The van der Waals surface area contributed by atoms with Gasteiger partial charge in [0.1, 0.15) is 6.04 Å². The molecular formula is C22H27N3O4S. The summed E-state index contributed by atoms with van der Waals surface area (Å²) in [5.74, 6) is 0.525. The molecule has 160 valence electrons. The number of hydrogen-bond acceptors (Lipinski definition) is 5. The summed E-state index contributed by atoms with van der Waals surface area (Å²) in [5, 5.41) is 13.5. The lowest BCUT2D eigenvalue weighted by Gasteiger charge is -2.28. The van der Waals surface area contributed by atoms with E-state index in [1.807, 2.05) is 37.3 Å². The Labute approximate surface area is 181 Å². The van der Waals surface area contributed by atoms with Gasteiger partial charge in [0.05, 0.1) is 10.7 Å². The summed E-state index contributed by atoms with van der Waals surface area (Å²) in [5.41, 5.74) is 2.06. The maximum atomic E-state index is 12.9. The molecule has 0 saturated carbocycles. The zero-order valence-electron chi connectivity index (χ0n) is 17.2. The molecule has 0 unspecified atom stereocenters. The van der Waals surface area contributed by atoms with Crippen LogP contribution in [-0.4, -0.2) is 46.5 Å². The first-order valence-corrected chi connectivity index (χ1v) is 11.0. The van der Waals surface area contributed by atoms with Crippen LogP contribution in [0, 0.1) is 10.1 Å². The second-order valence-corrected chi connectivity index (χ2v) is 7.80. The third kappa shape index (κ3) is 7.18. The summed E-state index contributed by atoms with van der Waals surface area (Å²) in [6, 6.07) is 15.6. The van der Waals surface area contributed by atoms with E-state index in [2.05, 4.69) is 5.32 Å². The Hall–Kier alpha value is -2.87. The predicted molar refractivity (Wildman–Crippen MR) is 119 cm³/mol. The smallest absolute Gasteiger partial charge is 0.269 e. The molecule has 0 saturated heterocycles. The number of non-ortho nitro benzene ring substituents is 1. The van der Waals surface area contributed by atoms with Gasteiger partial charge in [-0.25, -0.2) is 0 Å². The number of nitro benzene ring substituents is 1. The van der Waals surface area contributed by atoms with E-state index >= 15 is 0 Å². The summed E-state index contributed by atoms with van der Waals surface area (Å²) in [7, 11) is 0. The number of benzene rings is 2. The van der Waals surface area contributed by atoms with Crippen molar-refractivity contribution in [2.24, 2.45) is 0 Å². The van der Waals surface area contributed by atoms with Crippen LogP contribution in [0.5, 0.6) is 0 Å². The average Bonchev–Trinajstić information content (AvgIpc) is 2.75. The van der Waals surface area contributed by atoms with Gasteiger partial charge in [-0.3, -0.25) is 19.7 Å². The molecule has 8 heteroatoms. The van der Waals surface area contributed by atoms with E-state index in [0.717, 1.165) is 11.1 Å². The largest absolute Gasteiger partial charge is 0.355 e. The van der Waals surface area contributed by atoms with Crippen molar-refractivity contribution < 1.29 is 14.5 Å². The van der Waals surface area contributed by atoms with Crippen molar-refractivity contribution in [3.8, 4) is 0 Å². The molecular weight excluding hydrogens is 402 g/mol. The van der Waals surface area contributed by atoms with E-state index in [4.69, 9.17) is 0 Å². The fraction of sp³-hybridized carbons (Fsp3) is 0.364. The molecule has 0 bridgehead atoms. The highest BCUT2D eigenvalue weighted by molar-refractivity contribution is 7.99. The molecule has 1 atom stereocenters. The van der Waals surface area contributed by atoms with Gasteiger partial charge < -0.3 is 10.2 Å². The molecule has 0 aliphatic carbocycles. The monoisotopic (exact) mass is 429 g/mol. The molecule has 0 aliphatic heterocycles. The third-order valence-electron chi connectivity index (χ3n) is 4.64. The van der Waals surface area contributed by atoms with Crippen LogP contribution in [0.2, 0.25) is 0 Å². The van der Waals surface area contributed by atoms with E-state index < -0.39 is 11.0 Å². The van der Waals surface area contributed by atoms with Gasteiger partial charge in [0.2, 0.25) is 11.8 Å². The highest BCUT2D eigenvalue weighted by Gasteiger charge is 2.25. The molecule has 2 amide bonds. The first-order chi connectivity index (χ1) is 14.4. The van der Waals surface area contributed by atoms with Gasteiger partial charge >= 0.3 is 0 Å². The summed E-state index contributed by atoms with van der Waals surface area (Å²) in [4.78, 5) is 37.1. The molecule has 30 heavy (non-hydrogen) atoms. The molecule has 1 N–H and O–H groups in total. The van der Waals surface area contributed by atoms with Gasteiger partial charge in [0.25, 0.3) is 5.69 Å². The number of hydrogen-bond donors (Lipinski definition) is 1. The molecule has 2 rings (SSSR count). The summed E-state index contributed by atoms with van der Waals surface area (Å²) >= 11 is 1.43. The Morgan fingerprint density at radius 3 is 2.37 bits per heavy atom. The van der Waals surface area contributed by atoms with Crippen molar-refractivity contribution in [3.63, 3.8) is 0 Å². The molecule has 0 radical (unpaired) electrons. The second-order valence-electron chi connectivity index (χ2n) is 6.81. The Morgan fingerprint density at radius 1 is 1.10 bits per heavy atom. The standard InChI is InChI=1S/C22H27N3O4S/c1-3-23-22(27)17(2)24(14-13-18-7-5-4-6-8-18)21(26)16-30-15-19-9-11-20(12-10-19)25(28)29/h4-12,17H,3,13-16H2,1-2H3,(H,23,27)/t17-/m0/s1. The predicted octanol–water partition coefficient (Wildman–Crippen LogP) is 3.42. The molecule has 0 aromatic heterocycles. The Morgan fingerprint density at radius 2 is 1.77 bits per heavy atom. The third-order valence-corrected chi connectivity index (χ3v) is 5.63. The maximum absolute atomic E-state index is 12.9. The number of amides is 2. The zero-order chi connectivity index (χ0) is 21.9. The number of likely N-dealkylation sites (N-methyl/N-ethyl adjacent to an activating group) is 1. The SMILES string of the molecule is CCNC(=O)[C@H](C)N(CCc1ccccc1)C(=O)CSCc1ccc([N+](=O)[O-])cc1. The Kier molecular flexibility index (Phi) is 9.34. The van der Waals surface area contributed by atoms with Gasteiger partial charge in [0.15, 0.2) is 0 Å². The normalized spacial score (nSPS) is 11.5. The molecule has 0 spiro atoms. The fourth-order valence-corrected chi connectivity index (χ4v) is 3.82. The van der Waals surface area contributed by atoms with Gasteiger partial charge in [-0.1, -0.05) is 42.5 Å². The van der Waals surface area contributed by atoms with Crippen LogP contribution in [0.1, 0.15) is 25.0 Å². The Balaban J connectivity index is 1.96. The number of nitrogens with one attached hydrogen (secondary N) is 1. The molecule has 0 aliphatic rings. The van der Waals surface area contributed by atoms with E-state index in [0.29, 0.717) is 25.3 Å². The van der Waals surface area contributed by atoms with E-state index in [1.165, 1.54) is 23.9 Å². The fourth-order valence-electron chi connectivity index (χ4n) is 2.95. The van der Waals surface area contributed by atoms with Gasteiger partial charge in [-0.05, 0) is 31.4 Å². The molecule has 7 nitrogen and oxygen atoms in total. The van der Waals surface area contributed by atoms with Crippen LogP contribution in [0.4, 0.5) is 5.69 Å². The number of thioether (sulfide) groups is 1. The first-order valence-electron chi connectivity index (χ1n) is 9.84. The number of nitro groups is 1. The minimum Gasteiger partial charge on any atom is -0.355 e. The van der Waals surface area contributed by atoms with Crippen molar-refractivity contribution in [1.29, 1.82) is 0 Å². The van der Waals surface area contributed by atoms with Gasteiger partial charge in [-0.15, -0.1) is 11.8 Å². The lowest BCUT2D eigenvalue weighted by Crippen LogP contribution is -2.49. The van der Waals surface area contributed by atoms with Crippen molar-refractivity contribution in [2.75, 3.05) is 18.8 Å². The van der Waals surface area contributed by atoms with E-state index in [9.17, 15) is 19.7 Å². The summed E-state index contributed by atoms with van der Waals surface area (Å²) in [6.07, 6.45) is 0.670. The van der Waals surface area contributed by atoms with Crippen molar-refractivity contribution >= 4 is 29.3 Å². The van der Waals surface area contributed by atoms with Crippen LogP contribution in [0.3, 0.4) is 0 Å². The van der Waals surface area contributed by atoms with Crippen LogP contribution >= 0.6 is 11.8 Å². The highest BCUT2D eigenvalue weighted by Crippen LogP contribution is 2.18. The number of carbonyl (C=O) groups is 2. The van der Waals surface area contributed by atoms with Crippen LogP contribution in [-0.2, 0) is 21.8 Å². The number of rotatable bonds is 11.